The first-order valence-corrected chi connectivity index (χ1v) is 5.54. The summed E-state index contributed by atoms with van der Waals surface area (Å²) in [7, 11) is 0. The molecule has 0 heterocycles. The predicted molar refractivity (Wildman–Crippen MR) is 56.6 cm³/mol. The van der Waals surface area contributed by atoms with Crippen LogP contribution < -0.4 is 12.4 Å². The van der Waals surface area contributed by atoms with Crippen molar-refractivity contribution < 1.29 is 31.8 Å². The summed E-state index contributed by atoms with van der Waals surface area (Å²) in [6.07, 6.45) is 5.19. The zero-order chi connectivity index (χ0) is 11.5. The first kappa shape index (κ1) is 17.6. The molecular weight excluding hydrogens is 232 g/mol. The molecule has 0 aliphatic heterocycles. The monoisotopic (exact) mass is 251 g/mol. The number of hydrogen-bond acceptors (Lipinski definition) is 3. The molecule has 1 N–H and O–H groups in total. The van der Waals surface area contributed by atoms with Crippen molar-refractivity contribution in [2.45, 2.75) is 51.9 Å². The summed E-state index contributed by atoms with van der Waals surface area (Å²) in [6, 6.07) is 0. The Labute approximate surface area is 103 Å². The molecule has 0 aliphatic carbocycles. The maximum Gasteiger partial charge on any atom is 0.305 e. The second-order valence-electron chi connectivity index (χ2n) is 3.47. The fourth-order valence-corrected chi connectivity index (χ4v) is 1.31. The van der Waals surface area contributed by atoms with Crippen molar-refractivity contribution in [2.24, 2.45) is 0 Å². The minimum absolute atomic E-state index is 0. The number of esters is 1. The van der Waals surface area contributed by atoms with Crippen molar-refractivity contribution in [3.05, 3.63) is 0 Å². The number of carboxylic acids is 1. The number of hydrogen-bond donors (Lipinski definition) is 1. The summed E-state index contributed by atoms with van der Waals surface area (Å²) in [4.78, 5) is 21.1. The van der Waals surface area contributed by atoms with Gasteiger partial charge in [-0.1, -0.05) is 19.3 Å². The number of carboxylic acid groups (broad SMARTS) is 1. The second kappa shape index (κ2) is 12.3. The number of aliphatic carboxylic acids is 1. The predicted octanol–water partition coefficient (Wildman–Crippen LogP) is -0.631. The molecule has 0 aliphatic rings. The molecule has 0 aromatic carbocycles. The Hall–Kier alpha value is -0.770. The van der Waals surface area contributed by atoms with E-state index in [0.29, 0.717) is 13.0 Å². The molecule has 0 radical (unpaired) electrons. The molecular formula is C11H20ClO4-. The Balaban J connectivity index is 0. The average molecular weight is 252 g/mol. The maximum absolute atomic E-state index is 10.9. The number of halogens is 1. The average Bonchev–Trinajstić information content (AvgIpc) is 2.16. The minimum atomic E-state index is -0.735. The van der Waals surface area contributed by atoms with Crippen LogP contribution in [0.15, 0.2) is 0 Å². The molecule has 0 aromatic heterocycles. The van der Waals surface area contributed by atoms with E-state index >= 15 is 0 Å². The third kappa shape index (κ3) is 13.2. The zero-order valence-electron chi connectivity index (χ0n) is 9.71. The van der Waals surface area contributed by atoms with Crippen LogP contribution in [0.3, 0.4) is 0 Å². The third-order valence-corrected chi connectivity index (χ3v) is 2.08. The van der Waals surface area contributed by atoms with Crippen molar-refractivity contribution in [3.8, 4) is 0 Å². The second-order valence-corrected chi connectivity index (χ2v) is 3.47. The third-order valence-electron chi connectivity index (χ3n) is 2.08. The number of carbonyl (C=O) groups excluding carboxylic acids is 1. The van der Waals surface area contributed by atoms with Crippen LogP contribution in [-0.4, -0.2) is 23.7 Å². The van der Waals surface area contributed by atoms with Crippen LogP contribution in [0.25, 0.3) is 0 Å². The highest BCUT2D eigenvalue weighted by Crippen LogP contribution is 2.07. The van der Waals surface area contributed by atoms with Gasteiger partial charge in [0.2, 0.25) is 0 Å². The molecule has 0 saturated heterocycles. The highest BCUT2D eigenvalue weighted by Gasteiger charge is 2.01. The van der Waals surface area contributed by atoms with Gasteiger partial charge in [0.1, 0.15) is 0 Å². The first-order valence-electron chi connectivity index (χ1n) is 5.54. The summed E-state index contributed by atoms with van der Waals surface area (Å²) in [5, 5.41) is 8.39. The first-order chi connectivity index (χ1) is 7.16. The Kier molecular flexibility index (Phi) is 13.5. The van der Waals surface area contributed by atoms with Gasteiger partial charge in [-0.05, 0) is 19.8 Å². The Bertz CT molecular complexity index is 194. The van der Waals surface area contributed by atoms with E-state index in [1.807, 2.05) is 0 Å². The van der Waals surface area contributed by atoms with Gasteiger partial charge in [0.05, 0.1) is 6.61 Å². The number of rotatable bonds is 9. The van der Waals surface area contributed by atoms with Crippen molar-refractivity contribution in [1.82, 2.24) is 0 Å². The molecule has 0 atom stereocenters. The maximum atomic E-state index is 10.9. The van der Waals surface area contributed by atoms with Gasteiger partial charge in [-0.3, -0.25) is 9.59 Å². The van der Waals surface area contributed by atoms with Gasteiger partial charge in [0.15, 0.2) is 0 Å². The van der Waals surface area contributed by atoms with Gasteiger partial charge in [-0.2, -0.15) is 0 Å². The van der Waals surface area contributed by atoms with Gasteiger partial charge >= 0.3 is 11.9 Å². The van der Waals surface area contributed by atoms with Crippen molar-refractivity contribution >= 4 is 11.9 Å². The molecule has 4 nitrogen and oxygen atoms in total. The molecule has 0 rings (SSSR count). The van der Waals surface area contributed by atoms with E-state index in [2.05, 4.69) is 0 Å². The lowest BCUT2D eigenvalue weighted by Crippen LogP contribution is -3.00. The van der Waals surface area contributed by atoms with E-state index in [9.17, 15) is 9.59 Å². The molecule has 0 aromatic rings. The van der Waals surface area contributed by atoms with Crippen LogP contribution in [0.4, 0.5) is 0 Å². The highest BCUT2D eigenvalue weighted by atomic mass is 35.5. The van der Waals surface area contributed by atoms with E-state index in [4.69, 9.17) is 9.84 Å². The molecule has 0 amide bonds. The highest BCUT2D eigenvalue weighted by molar-refractivity contribution is 5.69. The number of ether oxygens (including phenoxy) is 1. The van der Waals surface area contributed by atoms with Crippen molar-refractivity contribution in [2.75, 3.05) is 6.61 Å². The van der Waals surface area contributed by atoms with Crippen LogP contribution in [-0.2, 0) is 14.3 Å². The normalized spacial score (nSPS) is 9.31. The molecule has 0 bridgehead atoms. The van der Waals surface area contributed by atoms with E-state index in [1.165, 1.54) is 0 Å². The van der Waals surface area contributed by atoms with Crippen molar-refractivity contribution in [3.63, 3.8) is 0 Å². The summed E-state index contributed by atoms with van der Waals surface area (Å²) < 4.78 is 4.78. The van der Waals surface area contributed by atoms with Gasteiger partial charge in [0, 0.05) is 12.8 Å². The van der Waals surface area contributed by atoms with E-state index in [0.717, 1.165) is 32.1 Å². The fourth-order valence-electron chi connectivity index (χ4n) is 1.31. The summed E-state index contributed by atoms with van der Waals surface area (Å²) >= 11 is 0. The van der Waals surface area contributed by atoms with Gasteiger partial charge in [0.25, 0.3) is 0 Å². The topological polar surface area (TPSA) is 63.6 Å². The van der Waals surface area contributed by atoms with Crippen molar-refractivity contribution in [1.29, 1.82) is 0 Å². The lowest BCUT2D eigenvalue weighted by Gasteiger charge is -2.01. The molecule has 0 spiro atoms. The smallest absolute Gasteiger partial charge is 0.305 e. The largest absolute Gasteiger partial charge is 1.00 e. The molecule has 0 saturated carbocycles. The zero-order valence-corrected chi connectivity index (χ0v) is 10.5. The Morgan fingerprint density at radius 2 is 1.50 bits per heavy atom. The minimum Gasteiger partial charge on any atom is -1.00 e. The molecule has 0 fully saturated rings. The quantitative estimate of drug-likeness (QED) is 0.438. The molecule has 5 heteroatoms. The Morgan fingerprint density at radius 3 is 2.00 bits per heavy atom. The summed E-state index contributed by atoms with van der Waals surface area (Å²) in [5.41, 5.74) is 0. The van der Waals surface area contributed by atoms with Crippen LogP contribution in [0.2, 0.25) is 0 Å². The fraction of sp³-hybridized carbons (Fsp3) is 0.818. The van der Waals surface area contributed by atoms with E-state index in [1.54, 1.807) is 6.92 Å². The van der Waals surface area contributed by atoms with Crippen LogP contribution in [0.1, 0.15) is 51.9 Å². The van der Waals surface area contributed by atoms with Gasteiger partial charge in [-0.15, -0.1) is 0 Å². The van der Waals surface area contributed by atoms with Crippen LogP contribution >= 0.6 is 0 Å². The van der Waals surface area contributed by atoms with E-state index in [-0.39, 0.29) is 24.8 Å². The van der Waals surface area contributed by atoms with Gasteiger partial charge in [-0.25, -0.2) is 0 Å². The lowest BCUT2D eigenvalue weighted by molar-refractivity contribution is -0.143. The molecule has 16 heavy (non-hydrogen) atoms. The lowest BCUT2D eigenvalue weighted by atomic mass is 10.1. The number of unbranched alkanes of at least 4 members (excludes halogenated alkanes) is 4. The van der Waals surface area contributed by atoms with E-state index < -0.39 is 5.97 Å². The SMILES string of the molecule is CCOC(=O)CCCCCCCC(=O)O.[Cl-]. The number of carbonyl (C=O) groups is 2. The summed E-state index contributed by atoms with van der Waals surface area (Å²) in [6.45, 7) is 2.24. The Morgan fingerprint density at radius 1 is 1.00 bits per heavy atom. The molecule has 96 valence electrons. The standard InChI is InChI=1S/C11H20O4.ClH/c1-2-15-11(14)9-7-5-3-4-6-8-10(12)13;/h2-9H2,1H3,(H,12,13);1H/p-1. The summed E-state index contributed by atoms with van der Waals surface area (Å²) in [5.74, 6) is -0.871. The van der Waals surface area contributed by atoms with Gasteiger partial charge < -0.3 is 22.3 Å². The molecule has 0 unspecified atom stereocenters. The van der Waals surface area contributed by atoms with Crippen LogP contribution in [0.5, 0.6) is 0 Å². The van der Waals surface area contributed by atoms with Crippen LogP contribution in [0, 0.1) is 0 Å².